The van der Waals surface area contributed by atoms with Gasteiger partial charge in [0.1, 0.15) is 5.70 Å². The van der Waals surface area contributed by atoms with Gasteiger partial charge in [-0.25, -0.2) is 0 Å². The maximum atomic E-state index is 13.3. The Morgan fingerprint density at radius 1 is 0.933 bits per heavy atom. The van der Waals surface area contributed by atoms with E-state index in [2.05, 4.69) is 10.3 Å². The number of fused-ring (bicyclic) bond motifs is 1. The Hall–Kier alpha value is -4.13. The molecule has 2 aliphatic heterocycles. The summed E-state index contributed by atoms with van der Waals surface area (Å²) in [5, 5.41) is 3.13. The molecule has 7 heteroatoms. The van der Waals surface area contributed by atoms with Crippen molar-refractivity contribution in [2.45, 2.75) is 6.54 Å². The largest absolute Gasteiger partial charge is 0.454 e. The van der Waals surface area contributed by atoms with E-state index in [0.717, 1.165) is 5.56 Å². The minimum absolute atomic E-state index is 0.147. The van der Waals surface area contributed by atoms with Crippen LogP contribution in [0.5, 0.6) is 11.5 Å². The highest BCUT2D eigenvalue weighted by atomic mass is 16.7. The van der Waals surface area contributed by atoms with E-state index in [1.54, 1.807) is 36.7 Å². The molecule has 0 atom stereocenters. The molecule has 0 radical (unpaired) electrons. The third kappa shape index (κ3) is 3.16. The molecule has 30 heavy (non-hydrogen) atoms. The zero-order valence-corrected chi connectivity index (χ0v) is 15.9. The number of imide groups is 1. The van der Waals surface area contributed by atoms with Crippen LogP contribution in [0.25, 0.3) is 5.57 Å². The first-order valence-electron chi connectivity index (χ1n) is 9.42. The molecule has 1 N–H and O–H groups in total. The van der Waals surface area contributed by atoms with E-state index in [4.69, 9.17) is 9.47 Å². The zero-order chi connectivity index (χ0) is 20.5. The fraction of sp³-hybridized carbons (Fsp3) is 0.0870. The molecule has 3 aromatic rings. The van der Waals surface area contributed by atoms with Crippen molar-refractivity contribution in [3.63, 3.8) is 0 Å². The Kier molecular flexibility index (Phi) is 4.40. The zero-order valence-electron chi connectivity index (χ0n) is 15.9. The van der Waals surface area contributed by atoms with Crippen LogP contribution in [0, 0.1) is 0 Å². The van der Waals surface area contributed by atoms with Crippen LogP contribution in [0.2, 0.25) is 0 Å². The summed E-state index contributed by atoms with van der Waals surface area (Å²) in [6, 6.07) is 18.1. The highest BCUT2D eigenvalue weighted by molar-refractivity contribution is 6.36. The Morgan fingerprint density at radius 2 is 1.77 bits per heavy atom. The normalized spacial score (nSPS) is 15.1. The first-order valence-corrected chi connectivity index (χ1v) is 9.42. The predicted molar refractivity (Wildman–Crippen MR) is 109 cm³/mol. The number of nitrogens with one attached hydrogen (secondary N) is 1. The molecule has 7 nitrogen and oxygen atoms in total. The number of anilines is 1. The lowest BCUT2D eigenvalue weighted by atomic mass is 10.0. The van der Waals surface area contributed by atoms with E-state index in [0.29, 0.717) is 28.3 Å². The second kappa shape index (κ2) is 7.36. The number of nitrogens with zero attached hydrogens (tertiary/aromatic N) is 2. The van der Waals surface area contributed by atoms with Crippen molar-refractivity contribution >= 4 is 23.1 Å². The fourth-order valence-corrected chi connectivity index (χ4v) is 3.50. The SMILES string of the molecule is O=C1C(Nc2ccc3c(c2)OCO3)=C(c2ccccc2)C(=O)N1Cc1cccnc1. The molecule has 2 aromatic carbocycles. The van der Waals surface area contributed by atoms with Crippen molar-refractivity contribution in [2.24, 2.45) is 0 Å². The smallest absolute Gasteiger partial charge is 0.278 e. The van der Waals surface area contributed by atoms with Gasteiger partial charge in [-0.1, -0.05) is 36.4 Å². The van der Waals surface area contributed by atoms with Gasteiger partial charge in [0.05, 0.1) is 12.1 Å². The number of aromatic nitrogens is 1. The average molecular weight is 399 g/mol. The molecule has 0 saturated carbocycles. The molecule has 0 aliphatic carbocycles. The average Bonchev–Trinajstić information content (AvgIpc) is 3.33. The summed E-state index contributed by atoms with van der Waals surface area (Å²) in [4.78, 5) is 31.8. The summed E-state index contributed by atoms with van der Waals surface area (Å²) in [6.07, 6.45) is 3.30. The number of ether oxygens (including phenoxy) is 2. The molecular weight excluding hydrogens is 382 g/mol. The maximum absolute atomic E-state index is 13.3. The molecule has 1 aromatic heterocycles. The van der Waals surface area contributed by atoms with Crippen molar-refractivity contribution in [1.82, 2.24) is 9.88 Å². The number of benzene rings is 2. The van der Waals surface area contributed by atoms with Crippen LogP contribution < -0.4 is 14.8 Å². The molecule has 2 amide bonds. The van der Waals surface area contributed by atoms with Crippen molar-refractivity contribution < 1.29 is 19.1 Å². The molecule has 5 rings (SSSR count). The second-order valence-corrected chi connectivity index (χ2v) is 6.87. The molecule has 0 unspecified atom stereocenters. The van der Waals surface area contributed by atoms with E-state index in [1.807, 2.05) is 36.4 Å². The molecule has 148 valence electrons. The second-order valence-electron chi connectivity index (χ2n) is 6.87. The first-order chi connectivity index (χ1) is 14.7. The summed E-state index contributed by atoms with van der Waals surface area (Å²) in [5.74, 6) is 0.495. The van der Waals surface area contributed by atoms with Crippen LogP contribution in [-0.4, -0.2) is 28.5 Å². The van der Waals surface area contributed by atoms with Gasteiger partial charge in [-0.05, 0) is 29.3 Å². The Bertz CT molecular complexity index is 1160. The van der Waals surface area contributed by atoms with Crippen LogP contribution in [-0.2, 0) is 16.1 Å². The minimum Gasteiger partial charge on any atom is -0.454 e. The standard InChI is InChI=1S/C23H17N3O4/c27-22-20(16-6-2-1-3-7-16)21(23(28)26(22)13-15-5-4-10-24-12-15)25-17-8-9-18-19(11-17)30-14-29-18/h1-12,25H,13-14H2. The Labute approximate surface area is 172 Å². The Balaban J connectivity index is 1.52. The van der Waals surface area contributed by atoms with Crippen molar-refractivity contribution in [1.29, 1.82) is 0 Å². The number of pyridine rings is 1. The number of hydrogen-bond acceptors (Lipinski definition) is 6. The van der Waals surface area contributed by atoms with Gasteiger partial charge < -0.3 is 14.8 Å². The molecule has 3 heterocycles. The highest BCUT2D eigenvalue weighted by Gasteiger charge is 2.39. The summed E-state index contributed by atoms with van der Waals surface area (Å²) >= 11 is 0. The van der Waals surface area contributed by atoms with E-state index in [-0.39, 0.29) is 30.8 Å². The topological polar surface area (TPSA) is 80.8 Å². The van der Waals surface area contributed by atoms with Gasteiger partial charge in [-0.2, -0.15) is 0 Å². The van der Waals surface area contributed by atoms with E-state index in [1.165, 1.54) is 4.90 Å². The lowest BCUT2D eigenvalue weighted by molar-refractivity contribution is -0.137. The van der Waals surface area contributed by atoms with Crippen LogP contribution in [0.4, 0.5) is 5.69 Å². The van der Waals surface area contributed by atoms with Crippen LogP contribution in [0.1, 0.15) is 11.1 Å². The molecule has 0 bridgehead atoms. The van der Waals surface area contributed by atoms with Gasteiger partial charge >= 0.3 is 0 Å². The maximum Gasteiger partial charge on any atom is 0.278 e. The number of carbonyl (C=O) groups is 2. The van der Waals surface area contributed by atoms with Gasteiger partial charge in [-0.15, -0.1) is 0 Å². The Morgan fingerprint density at radius 3 is 2.57 bits per heavy atom. The molecule has 2 aliphatic rings. The van der Waals surface area contributed by atoms with Gasteiger partial charge in [0.15, 0.2) is 11.5 Å². The summed E-state index contributed by atoms with van der Waals surface area (Å²) in [5.41, 5.74) is 2.65. The van der Waals surface area contributed by atoms with Crippen molar-refractivity contribution in [2.75, 3.05) is 12.1 Å². The molecule has 0 fully saturated rings. The first kappa shape index (κ1) is 17.9. The van der Waals surface area contributed by atoms with Crippen LogP contribution in [0.15, 0.2) is 78.8 Å². The predicted octanol–water partition coefficient (Wildman–Crippen LogP) is 3.20. The van der Waals surface area contributed by atoms with Gasteiger partial charge in [0, 0.05) is 24.1 Å². The molecule has 0 saturated heterocycles. The molecule has 0 spiro atoms. The van der Waals surface area contributed by atoms with Crippen molar-refractivity contribution in [3.8, 4) is 11.5 Å². The summed E-state index contributed by atoms with van der Waals surface area (Å²) < 4.78 is 10.8. The van der Waals surface area contributed by atoms with E-state index < -0.39 is 0 Å². The number of amides is 2. The molecular formula is C23H17N3O4. The van der Waals surface area contributed by atoms with Crippen LogP contribution in [0.3, 0.4) is 0 Å². The number of carbonyl (C=O) groups excluding carboxylic acids is 2. The van der Waals surface area contributed by atoms with E-state index in [9.17, 15) is 9.59 Å². The quantitative estimate of drug-likeness (QED) is 0.664. The number of rotatable bonds is 5. The van der Waals surface area contributed by atoms with E-state index >= 15 is 0 Å². The van der Waals surface area contributed by atoms with Gasteiger partial charge in [0.25, 0.3) is 11.8 Å². The van der Waals surface area contributed by atoms with Gasteiger partial charge in [0.2, 0.25) is 6.79 Å². The summed E-state index contributed by atoms with van der Waals surface area (Å²) in [6.45, 7) is 0.307. The lowest BCUT2D eigenvalue weighted by Crippen LogP contribution is -2.32. The summed E-state index contributed by atoms with van der Waals surface area (Å²) in [7, 11) is 0. The fourth-order valence-electron chi connectivity index (χ4n) is 3.50. The highest BCUT2D eigenvalue weighted by Crippen LogP contribution is 2.36. The third-order valence-electron chi connectivity index (χ3n) is 4.94. The number of hydrogen-bond donors (Lipinski definition) is 1. The van der Waals surface area contributed by atoms with Crippen LogP contribution >= 0.6 is 0 Å². The van der Waals surface area contributed by atoms with Crippen molar-refractivity contribution in [3.05, 3.63) is 89.9 Å². The minimum atomic E-state index is -0.389. The third-order valence-corrected chi connectivity index (χ3v) is 4.94. The monoisotopic (exact) mass is 399 g/mol. The lowest BCUT2D eigenvalue weighted by Gasteiger charge is -2.15. The van der Waals surface area contributed by atoms with Gasteiger partial charge in [-0.3, -0.25) is 19.5 Å².